The molecule has 1 aliphatic carbocycles. The smallest absolute Gasteiger partial charge is 0.447 e. The van der Waals surface area contributed by atoms with Gasteiger partial charge in [0.15, 0.2) is 0 Å². The van der Waals surface area contributed by atoms with Gasteiger partial charge in [-0.15, -0.1) is 13.2 Å². The summed E-state index contributed by atoms with van der Waals surface area (Å²) < 4.78 is 73.2. The number of alkyl halides is 3. The van der Waals surface area contributed by atoms with Crippen LogP contribution in [0.4, 0.5) is 32.8 Å². The highest BCUT2D eigenvalue weighted by Crippen LogP contribution is 2.33. The Hall–Kier alpha value is -3.46. The molecule has 2 aliphatic rings. The van der Waals surface area contributed by atoms with Crippen molar-refractivity contribution in [2.45, 2.75) is 57.1 Å². The molecule has 248 valence electrons. The van der Waals surface area contributed by atoms with Crippen LogP contribution in [-0.4, -0.2) is 82.3 Å². The van der Waals surface area contributed by atoms with Crippen molar-refractivity contribution in [1.29, 1.82) is 0 Å². The highest BCUT2D eigenvalue weighted by Gasteiger charge is 2.28. The summed E-state index contributed by atoms with van der Waals surface area (Å²) in [5, 5.41) is 5.83. The van der Waals surface area contributed by atoms with E-state index in [0.29, 0.717) is 24.7 Å². The first-order valence-electron chi connectivity index (χ1n) is 15.0. The molecule has 1 fully saturated rings. The molecule has 1 saturated carbocycles. The molecule has 2 N–H and O–H groups in total. The highest BCUT2D eigenvalue weighted by atomic mass is 19.4. The first-order valence-corrected chi connectivity index (χ1v) is 15.0. The van der Waals surface area contributed by atoms with Gasteiger partial charge < -0.3 is 34.5 Å². The van der Waals surface area contributed by atoms with Crippen LogP contribution in [0.25, 0.3) is 0 Å². The number of amides is 3. The summed E-state index contributed by atoms with van der Waals surface area (Å²) in [5.74, 6) is 0.0559. The minimum absolute atomic E-state index is 0.0296. The Morgan fingerprint density at radius 1 is 0.778 bits per heavy atom. The van der Waals surface area contributed by atoms with Gasteiger partial charge in [-0.05, 0) is 72.6 Å². The number of hydrogen-bond donors (Lipinski definition) is 2. The first-order chi connectivity index (χ1) is 21.7. The van der Waals surface area contributed by atoms with Crippen molar-refractivity contribution in [2.75, 3.05) is 58.2 Å². The van der Waals surface area contributed by atoms with Gasteiger partial charge in [-0.3, -0.25) is 4.74 Å². The Bertz CT molecular complexity index is 1220. The van der Waals surface area contributed by atoms with E-state index in [1.54, 1.807) is 11.0 Å². The molecule has 14 heteroatoms. The third-order valence-corrected chi connectivity index (χ3v) is 7.56. The maximum Gasteiger partial charge on any atom is 0.522 e. The number of fused-ring (bicyclic) bond motifs is 1. The zero-order valence-electron chi connectivity index (χ0n) is 24.9. The van der Waals surface area contributed by atoms with Crippen LogP contribution < -0.4 is 10.6 Å². The SMILES string of the molecule is O=C(NC1CCC(c2ccc(NC(=O)N3Cc4ccc(F)cc4C3)cc2)CC1)OCCOCCOCCOCCOC(F)(F)F. The fourth-order valence-electron chi connectivity index (χ4n) is 5.28. The molecule has 3 amide bonds. The fourth-order valence-corrected chi connectivity index (χ4v) is 5.28. The van der Waals surface area contributed by atoms with Crippen molar-refractivity contribution in [2.24, 2.45) is 0 Å². The predicted molar refractivity (Wildman–Crippen MR) is 155 cm³/mol. The molecule has 1 heterocycles. The lowest BCUT2D eigenvalue weighted by Crippen LogP contribution is -2.38. The molecule has 2 aromatic rings. The lowest BCUT2D eigenvalue weighted by molar-refractivity contribution is -0.327. The van der Waals surface area contributed by atoms with E-state index in [4.69, 9.17) is 18.9 Å². The molecule has 0 saturated heterocycles. The van der Waals surface area contributed by atoms with E-state index in [2.05, 4.69) is 15.4 Å². The molecule has 0 spiro atoms. The van der Waals surface area contributed by atoms with E-state index in [0.717, 1.165) is 36.8 Å². The Labute approximate surface area is 259 Å². The summed E-state index contributed by atoms with van der Waals surface area (Å²) in [6.07, 6.45) is -1.68. The fraction of sp³-hybridized carbons (Fsp3) is 0.548. The zero-order valence-corrected chi connectivity index (χ0v) is 24.9. The Balaban J connectivity index is 1.01. The lowest BCUT2D eigenvalue weighted by Gasteiger charge is -2.29. The molecule has 0 bridgehead atoms. The number of halogens is 4. The second-order valence-electron chi connectivity index (χ2n) is 10.8. The van der Waals surface area contributed by atoms with Crippen molar-refractivity contribution in [1.82, 2.24) is 10.2 Å². The summed E-state index contributed by atoms with van der Waals surface area (Å²) in [4.78, 5) is 26.5. The average Bonchev–Trinajstić information content (AvgIpc) is 3.43. The van der Waals surface area contributed by atoms with Gasteiger partial charge in [-0.2, -0.15) is 0 Å². The number of urea groups is 1. The molecule has 0 atom stereocenters. The Morgan fingerprint density at radius 2 is 1.38 bits per heavy atom. The second kappa shape index (κ2) is 17.3. The van der Waals surface area contributed by atoms with Gasteiger partial charge in [0.2, 0.25) is 0 Å². The maximum atomic E-state index is 13.5. The van der Waals surface area contributed by atoms with E-state index in [9.17, 15) is 27.2 Å². The van der Waals surface area contributed by atoms with E-state index < -0.39 is 19.1 Å². The molecule has 10 nitrogen and oxygen atoms in total. The molecule has 1 aliphatic heterocycles. The molecular weight excluding hydrogens is 602 g/mol. The minimum Gasteiger partial charge on any atom is -0.447 e. The predicted octanol–water partition coefficient (Wildman–Crippen LogP) is 5.71. The normalized spacial score (nSPS) is 18.0. The van der Waals surface area contributed by atoms with Crippen LogP contribution in [0.1, 0.15) is 48.3 Å². The number of benzene rings is 2. The topological polar surface area (TPSA) is 108 Å². The number of ether oxygens (including phenoxy) is 5. The number of rotatable bonds is 15. The monoisotopic (exact) mass is 641 g/mol. The standard InChI is InChI=1S/C31H39F4N3O7/c32-26-6-1-24-20-38(21-25(24)19-26)29(39)36-27-7-2-22(3-8-27)23-4-9-28(10-5-23)37-30(40)44-17-15-42-13-11-41-12-14-43-16-18-45-31(33,34)35/h1-3,6-8,19,23,28H,4-5,9-18,20-21H2,(H,36,39)(H,37,40). The highest BCUT2D eigenvalue weighted by molar-refractivity contribution is 5.89. The van der Waals surface area contributed by atoms with Crippen LogP contribution in [0.15, 0.2) is 42.5 Å². The van der Waals surface area contributed by atoms with Gasteiger partial charge in [0.05, 0.1) is 46.2 Å². The molecule has 2 aromatic carbocycles. The quantitative estimate of drug-likeness (QED) is 0.190. The lowest BCUT2D eigenvalue weighted by atomic mass is 9.82. The molecule has 0 aromatic heterocycles. The molecule has 45 heavy (non-hydrogen) atoms. The van der Waals surface area contributed by atoms with Crippen LogP contribution in [-0.2, 0) is 36.8 Å². The number of carbonyl (C=O) groups is 2. The van der Waals surface area contributed by atoms with Gasteiger partial charge in [0.25, 0.3) is 0 Å². The number of hydrogen-bond acceptors (Lipinski definition) is 7. The van der Waals surface area contributed by atoms with Crippen LogP contribution in [0.2, 0.25) is 0 Å². The largest absolute Gasteiger partial charge is 0.522 e. The van der Waals surface area contributed by atoms with Crippen LogP contribution in [0.3, 0.4) is 0 Å². The molecular formula is C31H39F4N3O7. The summed E-state index contributed by atoms with van der Waals surface area (Å²) in [6, 6.07) is 12.2. The third-order valence-electron chi connectivity index (χ3n) is 7.56. The van der Waals surface area contributed by atoms with Gasteiger partial charge in [-0.25, -0.2) is 14.0 Å². The number of anilines is 1. The van der Waals surface area contributed by atoms with E-state index in [1.807, 2.05) is 24.3 Å². The minimum atomic E-state index is -4.66. The van der Waals surface area contributed by atoms with E-state index >= 15 is 0 Å². The third kappa shape index (κ3) is 12.1. The number of nitrogens with zero attached hydrogens (tertiary/aromatic N) is 1. The van der Waals surface area contributed by atoms with Gasteiger partial charge in [-0.1, -0.05) is 18.2 Å². The maximum absolute atomic E-state index is 13.5. The van der Waals surface area contributed by atoms with E-state index in [-0.39, 0.29) is 64.1 Å². The molecule has 0 radical (unpaired) electrons. The number of nitrogens with one attached hydrogen (secondary N) is 2. The average molecular weight is 642 g/mol. The second-order valence-corrected chi connectivity index (χ2v) is 10.8. The summed E-state index contributed by atoms with van der Waals surface area (Å²) in [6.45, 7) is 1.27. The van der Waals surface area contributed by atoms with Crippen molar-refractivity contribution in [3.63, 3.8) is 0 Å². The summed E-state index contributed by atoms with van der Waals surface area (Å²) in [7, 11) is 0. The summed E-state index contributed by atoms with van der Waals surface area (Å²) >= 11 is 0. The van der Waals surface area contributed by atoms with Crippen molar-refractivity contribution < 1.29 is 50.8 Å². The zero-order chi connectivity index (χ0) is 32.1. The van der Waals surface area contributed by atoms with Gasteiger partial charge in [0, 0.05) is 24.8 Å². The van der Waals surface area contributed by atoms with Crippen LogP contribution >= 0.6 is 0 Å². The van der Waals surface area contributed by atoms with Crippen molar-refractivity contribution in [3.8, 4) is 0 Å². The number of carbonyl (C=O) groups excluding carboxylic acids is 2. The van der Waals surface area contributed by atoms with Crippen molar-refractivity contribution >= 4 is 17.8 Å². The van der Waals surface area contributed by atoms with Gasteiger partial charge in [0.1, 0.15) is 12.4 Å². The Morgan fingerprint density at radius 3 is 2.02 bits per heavy atom. The summed E-state index contributed by atoms with van der Waals surface area (Å²) in [5.41, 5.74) is 3.66. The van der Waals surface area contributed by atoms with Crippen molar-refractivity contribution in [3.05, 3.63) is 65.0 Å². The first kappa shape index (κ1) is 34.4. The van der Waals surface area contributed by atoms with Crippen LogP contribution in [0.5, 0.6) is 0 Å². The van der Waals surface area contributed by atoms with Crippen LogP contribution in [0, 0.1) is 5.82 Å². The Kier molecular flexibility index (Phi) is 13.2. The van der Waals surface area contributed by atoms with E-state index in [1.165, 1.54) is 17.7 Å². The molecule has 4 rings (SSSR count). The molecule has 0 unspecified atom stereocenters. The van der Waals surface area contributed by atoms with Gasteiger partial charge >= 0.3 is 18.5 Å². The number of alkyl carbamates (subject to hydrolysis) is 1.